The standard InChI is InChI=1S/C36H46FN5O7S/c1-24-21-42(25(2)23-43)36(46)20-26-19-28(39-34(44)11-5-4-6-12-35(45)40-31-10-8-7-9-30(31)38)15-18-32(26)49-33(24)22-41(3)50(47,48)29-16-13-27(37)14-17-29/h7-10,13-19,24-25,33,43H,4-6,11-12,20-23,38H2,1-3H3,(H,39,44)(H,40,45)/t24-,25+,33+/m1/s1. The first kappa shape index (κ1) is 38.3. The number of unbranched alkanes of at least 4 members (excludes halogenated alkanes) is 2. The summed E-state index contributed by atoms with van der Waals surface area (Å²) in [7, 11) is -2.58. The van der Waals surface area contributed by atoms with Gasteiger partial charge in [-0.05, 0) is 74.4 Å². The van der Waals surface area contributed by atoms with Crippen LogP contribution in [0.2, 0.25) is 0 Å². The molecular formula is C36H46FN5O7S. The molecule has 3 amide bonds. The smallest absolute Gasteiger partial charge is 0.242 e. The Balaban J connectivity index is 1.41. The highest BCUT2D eigenvalue weighted by Gasteiger charge is 2.33. The minimum Gasteiger partial charge on any atom is -0.488 e. The fraction of sp³-hybridized carbons (Fsp3) is 0.417. The first-order chi connectivity index (χ1) is 23.8. The van der Waals surface area contributed by atoms with Crippen LogP contribution in [-0.2, 0) is 30.8 Å². The Morgan fingerprint density at radius 2 is 1.70 bits per heavy atom. The first-order valence-corrected chi connectivity index (χ1v) is 18.1. The van der Waals surface area contributed by atoms with Crippen LogP contribution in [0, 0.1) is 11.7 Å². The van der Waals surface area contributed by atoms with Crippen molar-refractivity contribution >= 4 is 44.8 Å². The summed E-state index contributed by atoms with van der Waals surface area (Å²) in [6, 6.07) is 16.1. The number of amides is 3. The molecule has 14 heteroatoms. The lowest BCUT2D eigenvalue weighted by Gasteiger charge is -2.33. The number of hydrogen-bond donors (Lipinski definition) is 4. The average Bonchev–Trinajstić information content (AvgIpc) is 3.12. The monoisotopic (exact) mass is 711 g/mol. The molecule has 0 spiro atoms. The third kappa shape index (κ3) is 10.2. The number of sulfonamides is 1. The van der Waals surface area contributed by atoms with Crippen LogP contribution in [0.5, 0.6) is 5.75 Å². The topological polar surface area (TPSA) is 171 Å². The quantitative estimate of drug-likeness (QED) is 0.141. The molecule has 12 nitrogen and oxygen atoms in total. The minimum absolute atomic E-state index is 0.0662. The molecule has 3 atom stereocenters. The van der Waals surface area contributed by atoms with Gasteiger partial charge < -0.3 is 31.1 Å². The lowest BCUT2D eigenvalue weighted by atomic mass is 10.0. The van der Waals surface area contributed by atoms with Crippen LogP contribution < -0.4 is 21.1 Å². The number of para-hydroxylation sites is 2. The fourth-order valence-electron chi connectivity index (χ4n) is 5.66. The Labute approximate surface area is 292 Å². The number of nitrogens with zero attached hydrogens (tertiary/aromatic N) is 2. The van der Waals surface area contributed by atoms with Crippen molar-refractivity contribution in [3.63, 3.8) is 0 Å². The molecule has 3 aromatic carbocycles. The van der Waals surface area contributed by atoms with Gasteiger partial charge in [-0.1, -0.05) is 25.5 Å². The number of aliphatic hydroxyl groups is 1. The number of hydrogen-bond acceptors (Lipinski definition) is 8. The summed E-state index contributed by atoms with van der Waals surface area (Å²) in [5, 5.41) is 15.6. The maximum absolute atomic E-state index is 13.5. The van der Waals surface area contributed by atoms with Gasteiger partial charge in [-0.25, -0.2) is 12.8 Å². The van der Waals surface area contributed by atoms with Gasteiger partial charge in [0.05, 0.1) is 41.9 Å². The Morgan fingerprint density at radius 1 is 1.04 bits per heavy atom. The number of nitrogens with one attached hydrogen (secondary N) is 2. The first-order valence-electron chi connectivity index (χ1n) is 16.6. The van der Waals surface area contributed by atoms with E-state index >= 15 is 0 Å². The highest BCUT2D eigenvalue weighted by Crippen LogP contribution is 2.30. The second kappa shape index (κ2) is 17.4. The van der Waals surface area contributed by atoms with Crippen molar-refractivity contribution in [3.8, 4) is 5.75 Å². The van der Waals surface area contributed by atoms with Crippen molar-refractivity contribution in [2.75, 3.05) is 43.1 Å². The number of carbonyl (C=O) groups is 3. The molecule has 50 heavy (non-hydrogen) atoms. The fourth-order valence-corrected chi connectivity index (χ4v) is 6.84. The molecule has 0 aliphatic carbocycles. The highest BCUT2D eigenvalue weighted by molar-refractivity contribution is 7.89. The van der Waals surface area contributed by atoms with Crippen LogP contribution in [-0.4, -0.2) is 79.3 Å². The number of likely N-dealkylation sites (N-methyl/N-ethyl adjacent to an activating group) is 1. The number of benzene rings is 3. The van der Waals surface area contributed by atoms with Crippen molar-refractivity contribution in [2.45, 2.75) is 69.4 Å². The Morgan fingerprint density at radius 3 is 2.36 bits per heavy atom. The van der Waals surface area contributed by atoms with E-state index in [9.17, 15) is 32.3 Å². The lowest BCUT2D eigenvalue weighted by Crippen LogP contribution is -2.48. The van der Waals surface area contributed by atoms with Crippen LogP contribution in [0.15, 0.2) is 71.6 Å². The second-order valence-electron chi connectivity index (χ2n) is 12.7. The van der Waals surface area contributed by atoms with Gasteiger partial charge in [0.1, 0.15) is 17.7 Å². The lowest BCUT2D eigenvalue weighted by molar-refractivity contribution is -0.134. The summed E-state index contributed by atoms with van der Waals surface area (Å²) >= 11 is 0. The van der Waals surface area contributed by atoms with E-state index in [0.29, 0.717) is 54.1 Å². The summed E-state index contributed by atoms with van der Waals surface area (Å²) < 4.78 is 47.7. The molecule has 0 radical (unpaired) electrons. The maximum atomic E-state index is 13.5. The number of aliphatic hydroxyl groups excluding tert-OH is 1. The van der Waals surface area contributed by atoms with E-state index in [1.165, 1.54) is 19.2 Å². The van der Waals surface area contributed by atoms with E-state index in [-0.39, 0.29) is 61.1 Å². The predicted molar refractivity (Wildman–Crippen MR) is 189 cm³/mol. The number of ether oxygens (including phenoxy) is 1. The zero-order valence-electron chi connectivity index (χ0n) is 28.6. The van der Waals surface area contributed by atoms with Gasteiger partial charge in [0.2, 0.25) is 27.7 Å². The summed E-state index contributed by atoms with van der Waals surface area (Å²) in [6.45, 7) is 3.44. The van der Waals surface area contributed by atoms with E-state index in [2.05, 4.69) is 10.6 Å². The molecule has 5 N–H and O–H groups in total. The molecule has 0 aromatic heterocycles. The molecule has 1 heterocycles. The minimum atomic E-state index is -3.99. The van der Waals surface area contributed by atoms with Crippen molar-refractivity contribution in [2.24, 2.45) is 5.92 Å². The normalized spacial score (nSPS) is 17.2. The van der Waals surface area contributed by atoms with Crippen molar-refractivity contribution in [1.82, 2.24) is 9.21 Å². The number of halogens is 1. The summed E-state index contributed by atoms with van der Waals surface area (Å²) in [4.78, 5) is 40.1. The predicted octanol–water partition coefficient (Wildman–Crippen LogP) is 4.41. The number of carbonyl (C=O) groups excluding carboxylic acids is 3. The number of rotatable bonds is 14. The molecule has 4 rings (SSSR count). The molecular weight excluding hydrogens is 665 g/mol. The van der Waals surface area contributed by atoms with E-state index in [4.69, 9.17) is 10.5 Å². The van der Waals surface area contributed by atoms with Crippen LogP contribution in [0.3, 0.4) is 0 Å². The van der Waals surface area contributed by atoms with E-state index < -0.39 is 28.0 Å². The maximum Gasteiger partial charge on any atom is 0.242 e. The van der Waals surface area contributed by atoms with Gasteiger partial charge in [0, 0.05) is 43.6 Å². The average molecular weight is 712 g/mol. The Hall–Kier alpha value is -4.53. The summed E-state index contributed by atoms with van der Waals surface area (Å²) in [6.07, 6.45) is 1.60. The molecule has 0 saturated carbocycles. The van der Waals surface area contributed by atoms with Crippen molar-refractivity contribution in [3.05, 3.63) is 78.1 Å². The molecule has 0 fully saturated rings. The van der Waals surface area contributed by atoms with E-state index in [1.54, 1.807) is 54.3 Å². The molecule has 0 bridgehead atoms. The Kier molecular flexibility index (Phi) is 13.3. The van der Waals surface area contributed by atoms with E-state index in [0.717, 1.165) is 16.4 Å². The number of nitrogen functional groups attached to an aromatic ring is 1. The van der Waals surface area contributed by atoms with E-state index in [1.807, 2.05) is 6.92 Å². The number of nitrogens with two attached hydrogens (primary N) is 1. The van der Waals surface area contributed by atoms with Crippen LogP contribution in [0.1, 0.15) is 51.5 Å². The second-order valence-corrected chi connectivity index (χ2v) is 14.7. The Bertz CT molecular complexity index is 1760. The van der Waals surface area contributed by atoms with Crippen LogP contribution >= 0.6 is 0 Å². The SMILES string of the molecule is C[C@@H]1CN([C@@H](C)CO)C(=O)Cc2cc(NC(=O)CCCCCC(=O)Nc3ccccc3N)ccc2O[C@H]1CN(C)S(=O)(=O)c1ccc(F)cc1. The van der Waals surface area contributed by atoms with Crippen LogP contribution in [0.4, 0.5) is 21.5 Å². The molecule has 270 valence electrons. The summed E-state index contributed by atoms with van der Waals surface area (Å²) in [5.74, 6) is -1.16. The molecule has 0 saturated heterocycles. The molecule has 1 aliphatic heterocycles. The van der Waals surface area contributed by atoms with Gasteiger partial charge >= 0.3 is 0 Å². The number of fused-ring (bicyclic) bond motifs is 1. The number of anilines is 3. The third-order valence-corrected chi connectivity index (χ3v) is 10.5. The van der Waals surface area contributed by atoms with Crippen LogP contribution in [0.25, 0.3) is 0 Å². The zero-order valence-corrected chi connectivity index (χ0v) is 29.4. The third-order valence-electron chi connectivity index (χ3n) is 8.70. The van der Waals surface area contributed by atoms with Gasteiger partial charge in [-0.15, -0.1) is 0 Å². The van der Waals surface area contributed by atoms with Gasteiger partial charge in [-0.3, -0.25) is 14.4 Å². The summed E-state index contributed by atoms with van der Waals surface area (Å²) in [5.41, 5.74) is 7.89. The molecule has 0 unspecified atom stereocenters. The van der Waals surface area contributed by atoms with Gasteiger partial charge in [0.25, 0.3) is 0 Å². The van der Waals surface area contributed by atoms with Gasteiger partial charge in [-0.2, -0.15) is 4.31 Å². The van der Waals surface area contributed by atoms with Crippen molar-refractivity contribution in [1.29, 1.82) is 0 Å². The largest absolute Gasteiger partial charge is 0.488 e. The zero-order chi connectivity index (χ0) is 36.4. The van der Waals surface area contributed by atoms with Crippen molar-refractivity contribution < 1.29 is 37.0 Å². The highest BCUT2D eigenvalue weighted by atomic mass is 32.2. The van der Waals surface area contributed by atoms with Gasteiger partial charge in [0.15, 0.2) is 0 Å². The molecule has 1 aliphatic rings. The molecule has 3 aromatic rings.